The molecule has 0 aromatic heterocycles. The summed E-state index contributed by atoms with van der Waals surface area (Å²) in [4.78, 5) is 0. The standard InChI is InChI=1S/C15H30FNO/c1-3-4-5-6-7-8-9-15(2,16)12-14-13-18-11-10-17-14/h14,17H,3-13H2,1-2H3. The third-order valence-corrected chi connectivity index (χ3v) is 3.72. The molecule has 0 aliphatic carbocycles. The molecule has 1 N–H and O–H groups in total. The molecule has 3 heteroatoms. The summed E-state index contributed by atoms with van der Waals surface area (Å²) < 4.78 is 19.7. The van der Waals surface area contributed by atoms with Crippen LogP contribution in [-0.2, 0) is 4.74 Å². The second-order valence-corrected chi connectivity index (χ2v) is 5.86. The van der Waals surface area contributed by atoms with Crippen LogP contribution in [0, 0.1) is 0 Å². The van der Waals surface area contributed by atoms with Crippen LogP contribution in [0.2, 0.25) is 0 Å². The third-order valence-electron chi connectivity index (χ3n) is 3.72. The first kappa shape index (κ1) is 15.9. The maximum Gasteiger partial charge on any atom is 0.109 e. The molecular weight excluding hydrogens is 229 g/mol. The Labute approximate surface area is 112 Å². The minimum Gasteiger partial charge on any atom is -0.379 e. The Bertz CT molecular complexity index is 203. The van der Waals surface area contributed by atoms with E-state index in [0.29, 0.717) is 19.4 Å². The van der Waals surface area contributed by atoms with E-state index in [-0.39, 0.29) is 6.04 Å². The molecule has 1 rings (SSSR count). The van der Waals surface area contributed by atoms with Gasteiger partial charge in [0.05, 0.1) is 13.2 Å². The summed E-state index contributed by atoms with van der Waals surface area (Å²) in [6.07, 6.45) is 8.62. The summed E-state index contributed by atoms with van der Waals surface area (Å²) in [5.74, 6) is 0. The molecule has 0 spiro atoms. The molecule has 0 amide bonds. The molecular formula is C15H30FNO. The van der Waals surface area contributed by atoms with Gasteiger partial charge in [0.2, 0.25) is 0 Å². The van der Waals surface area contributed by atoms with Gasteiger partial charge in [-0.15, -0.1) is 0 Å². The van der Waals surface area contributed by atoms with E-state index in [2.05, 4.69) is 12.2 Å². The van der Waals surface area contributed by atoms with Gasteiger partial charge in [-0.05, 0) is 19.8 Å². The van der Waals surface area contributed by atoms with Crippen LogP contribution in [0.25, 0.3) is 0 Å². The van der Waals surface area contributed by atoms with Crippen molar-refractivity contribution in [3.8, 4) is 0 Å². The Balaban J connectivity index is 2.06. The highest BCUT2D eigenvalue weighted by molar-refractivity contribution is 4.82. The van der Waals surface area contributed by atoms with Gasteiger partial charge in [0, 0.05) is 12.6 Å². The number of alkyl halides is 1. The van der Waals surface area contributed by atoms with Crippen LogP contribution in [0.3, 0.4) is 0 Å². The maximum absolute atomic E-state index is 14.4. The van der Waals surface area contributed by atoms with Crippen molar-refractivity contribution < 1.29 is 9.13 Å². The molecule has 2 unspecified atom stereocenters. The lowest BCUT2D eigenvalue weighted by Gasteiger charge is -2.30. The van der Waals surface area contributed by atoms with Crippen LogP contribution >= 0.6 is 0 Å². The topological polar surface area (TPSA) is 21.3 Å². The summed E-state index contributed by atoms with van der Waals surface area (Å²) in [5.41, 5.74) is -1.04. The minimum absolute atomic E-state index is 0.203. The van der Waals surface area contributed by atoms with E-state index in [1.165, 1.54) is 32.1 Å². The smallest absolute Gasteiger partial charge is 0.109 e. The summed E-state index contributed by atoms with van der Waals surface area (Å²) >= 11 is 0. The van der Waals surface area contributed by atoms with Crippen molar-refractivity contribution in [2.45, 2.75) is 76.9 Å². The van der Waals surface area contributed by atoms with E-state index < -0.39 is 5.67 Å². The average Bonchev–Trinajstić information content (AvgIpc) is 2.34. The van der Waals surface area contributed by atoms with Gasteiger partial charge >= 0.3 is 0 Å². The average molecular weight is 259 g/mol. The zero-order valence-corrected chi connectivity index (χ0v) is 12.1. The Hall–Kier alpha value is -0.150. The first-order valence-electron chi connectivity index (χ1n) is 7.64. The first-order valence-corrected chi connectivity index (χ1v) is 7.64. The molecule has 0 saturated carbocycles. The predicted octanol–water partition coefficient (Wildman–Crippen LogP) is 3.84. The van der Waals surface area contributed by atoms with Gasteiger partial charge in [-0.2, -0.15) is 0 Å². The highest BCUT2D eigenvalue weighted by Crippen LogP contribution is 2.26. The van der Waals surface area contributed by atoms with Crippen LogP contribution in [-0.4, -0.2) is 31.5 Å². The fourth-order valence-electron chi connectivity index (χ4n) is 2.64. The number of unbranched alkanes of at least 4 members (excludes halogenated alkanes) is 5. The van der Waals surface area contributed by atoms with Crippen molar-refractivity contribution in [2.75, 3.05) is 19.8 Å². The lowest BCUT2D eigenvalue weighted by molar-refractivity contribution is 0.0451. The van der Waals surface area contributed by atoms with Gasteiger partial charge in [0.25, 0.3) is 0 Å². The van der Waals surface area contributed by atoms with Crippen LogP contribution in [0.1, 0.15) is 65.2 Å². The number of nitrogens with one attached hydrogen (secondary N) is 1. The third kappa shape index (κ3) is 7.32. The zero-order chi connectivity index (χ0) is 13.3. The van der Waals surface area contributed by atoms with Crippen molar-refractivity contribution in [2.24, 2.45) is 0 Å². The van der Waals surface area contributed by atoms with Gasteiger partial charge in [-0.1, -0.05) is 45.4 Å². The fraction of sp³-hybridized carbons (Fsp3) is 1.00. The largest absolute Gasteiger partial charge is 0.379 e. The number of ether oxygens (including phenoxy) is 1. The SMILES string of the molecule is CCCCCCCCC(C)(F)CC1COCCN1. The Morgan fingerprint density at radius 2 is 1.94 bits per heavy atom. The normalized spacial score (nSPS) is 23.8. The molecule has 108 valence electrons. The highest BCUT2D eigenvalue weighted by Gasteiger charge is 2.28. The van der Waals surface area contributed by atoms with Gasteiger partial charge < -0.3 is 10.1 Å². The molecule has 1 aliphatic heterocycles. The molecule has 1 aliphatic rings. The van der Waals surface area contributed by atoms with Gasteiger partial charge in [-0.25, -0.2) is 4.39 Å². The van der Waals surface area contributed by atoms with E-state index in [4.69, 9.17) is 4.74 Å². The van der Waals surface area contributed by atoms with Crippen molar-refractivity contribution in [3.63, 3.8) is 0 Å². The zero-order valence-electron chi connectivity index (χ0n) is 12.1. The fourth-order valence-corrected chi connectivity index (χ4v) is 2.64. The maximum atomic E-state index is 14.4. The number of rotatable bonds is 9. The molecule has 0 aromatic rings. The number of morpholine rings is 1. The van der Waals surface area contributed by atoms with Crippen molar-refractivity contribution in [1.29, 1.82) is 0 Å². The quantitative estimate of drug-likeness (QED) is 0.635. The molecule has 18 heavy (non-hydrogen) atoms. The van der Waals surface area contributed by atoms with Crippen molar-refractivity contribution in [3.05, 3.63) is 0 Å². The number of halogens is 1. The lowest BCUT2D eigenvalue weighted by Crippen LogP contribution is -2.44. The monoisotopic (exact) mass is 259 g/mol. The van der Waals surface area contributed by atoms with E-state index in [0.717, 1.165) is 19.6 Å². The van der Waals surface area contributed by atoms with Crippen molar-refractivity contribution in [1.82, 2.24) is 5.32 Å². The van der Waals surface area contributed by atoms with Crippen LogP contribution < -0.4 is 5.32 Å². The van der Waals surface area contributed by atoms with E-state index in [9.17, 15) is 4.39 Å². The lowest BCUT2D eigenvalue weighted by atomic mass is 9.92. The van der Waals surface area contributed by atoms with Crippen LogP contribution in [0.15, 0.2) is 0 Å². The molecule has 2 atom stereocenters. The Morgan fingerprint density at radius 3 is 2.61 bits per heavy atom. The van der Waals surface area contributed by atoms with Gasteiger partial charge in [-0.3, -0.25) is 0 Å². The predicted molar refractivity (Wildman–Crippen MR) is 74.7 cm³/mol. The molecule has 2 nitrogen and oxygen atoms in total. The van der Waals surface area contributed by atoms with Crippen molar-refractivity contribution >= 4 is 0 Å². The first-order chi connectivity index (χ1) is 8.64. The van der Waals surface area contributed by atoms with Crippen LogP contribution in [0.5, 0.6) is 0 Å². The summed E-state index contributed by atoms with van der Waals surface area (Å²) in [6, 6.07) is 0.203. The number of hydrogen-bond donors (Lipinski definition) is 1. The number of hydrogen-bond acceptors (Lipinski definition) is 2. The summed E-state index contributed by atoms with van der Waals surface area (Å²) in [7, 11) is 0. The molecule has 0 radical (unpaired) electrons. The molecule has 1 heterocycles. The summed E-state index contributed by atoms with van der Waals surface area (Å²) in [5, 5.41) is 3.33. The second kappa shape index (κ2) is 8.87. The van der Waals surface area contributed by atoms with Gasteiger partial charge in [0.15, 0.2) is 0 Å². The minimum atomic E-state index is -1.04. The highest BCUT2D eigenvalue weighted by atomic mass is 19.1. The van der Waals surface area contributed by atoms with E-state index >= 15 is 0 Å². The summed E-state index contributed by atoms with van der Waals surface area (Å²) in [6.45, 7) is 6.25. The molecule has 0 aromatic carbocycles. The van der Waals surface area contributed by atoms with Gasteiger partial charge in [0.1, 0.15) is 5.67 Å². The van der Waals surface area contributed by atoms with Crippen LogP contribution in [0.4, 0.5) is 4.39 Å². The second-order valence-electron chi connectivity index (χ2n) is 5.86. The Morgan fingerprint density at radius 1 is 1.22 bits per heavy atom. The van der Waals surface area contributed by atoms with E-state index in [1.54, 1.807) is 6.92 Å². The van der Waals surface area contributed by atoms with E-state index in [1.807, 2.05) is 0 Å². The molecule has 1 fully saturated rings. The molecule has 0 bridgehead atoms. The molecule has 1 saturated heterocycles. The Kier molecular flexibility index (Phi) is 7.84.